The van der Waals surface area contributed by atoms with E-state index in [1.165, 1.54) is 5.01 Å². The van der Waals surface area contributed by atoms with Crippen LogP contribution in [-0.2, 0) is 19.2 Å². The minimum atomic E-state index is -1.66. The van der Waals surface area contributed by atoms with Crippen LogP contribution in [0.5, 0.6) is 0 Å². The highest BCUT2D eigenvalue weighted by Gasteiger charge is 2.39. The molecule has 0 spiro atoms. The molecule has 2 amide bonds. The molecule has 1 saturated heterocycles. The van der Waals surface area contributed by atoms with Crippen molar-refractivity contribution in [3.8, 4) is 0 Å². The summed E-state index contributed by atoms with van der Waals surface area (Å²) in [5.41, 5.74) is 3.34. The van der Waals surface area contributed by atoms with Crippen LogP contribution in [0.25, 0.3) is 0 Å². The van der Waals surface area contributed by atoms with Crippen LogP contribution < -0.4 is 10.4 Å². The maximum absolute atomic E-state index is 12.1. The van der Waals surface area contributed by atoms with Gasteiger partial charge in [-0.05, 0) is 18.6 Å². The SMILES string of the molecule is CCCCC1C(=O)NN(c2ccccc2)C1=O.O=C(O)/C=C(\O)C(=O)O. The topological polar surface area (TPSA) is 144 Å². The second kappa shape index (κ2) is 9.82. The number of hydrazine groups is 1. The Morgan fingerprint density at radius 3 is 2.23 bits per heavy atom. The second-order valence-electron chi connectivity index (χ2n) is 5.35. The lowest BCUT2D eigenvalue weighted by molar-refractivity contribution is -0.137. The summed E-state index contributed by atoms with van der Waals surface area (Å²) in [4.78, 5) is 43.0. The van der Waals surface area contributed by atoms with Gasteiger partial charge < -0.3 is 15.3 Å². The van der Waals surface area contributed by atoms with Crippen molar-refractivity contribution in [2.24, 2.45) is 5.92 Å². The summed E-state index contributed by atoms with van der Waals surface area (Å²) in [6.45, 7) is 2.05. The predicted octanol–water partition coefficient (Wildman–Crippen LogP) is 1.47. The molecule has 1 aliphatic rings. The number of carbonyl (C=O) groups is 4. The Hall–Kier alpha value is -3.36. The summed E-state index contributed by atoms with van der Waals surface area (Å²) in [6, 6.07) is 9.17. The smallest absolute Gasteiger partial charge is 0.371 e. The molecule has 1 aromatic carbocycles. The number of nitrogens with one attached hydrogen (secondary N) is 1. The number of nitrogens with zero attached hydrogens (tertiary/aromatic N) is 1. The Morgan fingerprint density at radius 1 is 1.15 bits per heavy atom. The van der Waals surface area contributed by atoms with Crippen LogP contribution in [0, 0.1) is 5.92 Å². The average molecular weight is 364 g/mol. The number of benzene rings is 1. The van der Waals surface area contributed by atoms with Gasteiger partial charge in [0, 0.05) is 0 Å². The lowest BCUT2D eigenvalue weighted by Crippen LogP contribution is -2.35. The minimum absolute atomic E-state index is 0.144. The maximum Gasteiger partial charge on any atom is 0.371 e. The average Bonchev–Trinajstić information content (AvgIpc) is 2.88. The standard InChI is InChI=1S/C13H16N2O2.C4H4O5/c1-2-3-9-11-12(16)14-15(13(11)17)10-7-5-4-6-8-10;5-2(4(8)9)1-3(6)7/h4-8,11H,2-3,9H2,1H3,(H,14,16);1,5H,(H,6,7)(H,8,9)/b;2-1-. The Morgan fingerprint density at radius 2 is 1.77 bits per heavy atom. The first-order chi connectivity index (χ1) is 12.3. The first-order valence-corrected chi connectivity index (χ1v) is 7.84. The molecule has 1 atom stereocenters. The van der Waals surface area contributed by atoms with Crippen LogP contribution in [0.3, 0.4) is 0 Å². The third kappa shape index (κ3) is 5.93. The van der Waals surface area contributed by atoms with E-state index in [-0.39, 0.29) is 17.9 Å². The van der Waals surface area contributed by atoms with Gasteiger partial charge in [-0.3, -0.25) is 15.0 Å². The number of amides is 2. The number of aliphatic hydroxyl groups is 1. The number of para-hydroxylation sites is 1. The first kappa shape index (κ1) is 20.7. The van der Waals surface area contributed by atoms with Crippen molar-refractivity contribution in [2.75, 3.05) is 5.01 Å². The number of anilines is 1. The van der Waals surface area contributed by atoms with Crippen molar-refractivity contribution in [3.05, 3.63) is 42.2 Å². The monoisotopic (exact) mass is 364 g/mol. The first-order valence-electron chi connectivity index (χ1n) is 7.84. The number of hydrogen-bond donors (Lipinski definition) is 4. The molecule has 26 heavy (non-hydrogen) atoms. The number of rotatable bonds is 6. The molecule has 2 rings (SSSR count). The third-order valence-corrected chi connectivity index (χ3v) is 3.40. The van der Waals surface area contributed by atoms with Crippen molar-refractivity contribution < 1.29 is 34.5 Å². The Labute approximate surface area is 149 Å². The lowest BCUT2D eigenvalue weighted by Gasteiger charge is -2.14. The van der Waals surface area contributed by atoms with E-state index in [9.17, 15) is 19.2 Å². The molecule has 0 bridgehead atoms. The van der Waals surface area contributed by atoms with Crippen LogP contribution in [0.2, 0.25) is 0 Å². The molecule has 0 aliphatic carbocycles. The Balaban J connectivity index is 0.000000321. The highest BCUT2D eigenvalue weighted by Crippen LogP contribution is 2.22. The molecule has 140 valence electrons. The zero-order chi connectivity index (χ0) is 19.7. The maximum atomic E-state index is 12.1. The fourth-order valence-corrected chi connectivity index (χ4v) is 2.12. The quantitative estimate of drug-likeness (QED) is 0.340. The Kier molecular flexibility index (Phi) is 7.81. The van der Waals surface area contributed by atoms with E-state index in [1.54, 1.807) is 12.1 Å². The van der Waals surface area contributed by atoms with Gasteiger partial charge in [-0.1, -0.05) is 38.0 Å². The normalized spacial score (nSPS) is 16.6. The highest BCUT2D eigenvalue weighted by atomic mass is 16.4. The fraction of sp³-hybridized carbons (Fsp3) is 0.294. The van der Waals surface area contributed by atoms with Gasteiger partial charge in [0.15, 0.2) is 0 Å². The van der Waals surface area contributed by atoms with E-state index in [4.69, 9.17) is 15.3 Å². The van der Waals surface area contributed by atoms with Gasteiger partial charge in [0.1, 0.15) is 5.92 Å². The number of aliphatic hydroxyl groups excluding tert-OH is 1. The molecule has 9 nitrogen and oxygen atoms in total. The van der Waals surface area contributed by atoms with Gasteiger partial charge >= 0.3 is 11.9 Å². The number of hydrogen-bond acceptors (Lipinski definition) is 5. The number of unbranched alkanes of at least 4 members (excludes halogenated alkanes) is 1. The fourth-order valence-electron chi connectivity index (χ4n) is 2.12. The molecule has 0 aromatic heterocycles. The van der Waals surface area contributed by atoms with Crippen molar-refractivity contribution in [3.63, 3.8) is 0 Å². The van der Waals surface area contributed by atoms with E-state index in [1.807, 2.05) is 25.1 Å². The molecule has 1 aliphatic heterocycles. The van der Waals surface area contributed by atoms with Gasteiger partial charge in [0.2, 0.25) is 5.76 Å². The molecular weight excluding hydrogens is 344 g/mol. The van der Waals surface area contributed by atoms with Gasteiger partial charge in [0.05, 0.1) is 11.8 Å². The lowest BCUT2D eigenvalue weighted by atomic mass is 10.0. The van der Waals surface area contributed by atoms with Gasteiger partial charge in [0.25, 0.3) is 11.8 Å². The second-order valence-corrected chi connectivity index (χ2v) is 5.35. The van der Waals surface area contributed by atoms with Gasteiger partial charge in [-0.25, -0.2) is 14.6 Å². The highest BCUT2D eigenvalue weighted by molar-refractivity contribution is 6.14. The van der Waals surface area contributed by atoms with E-state index < -0.39 is 23.6 Å². The molecule has 1 fully saturated rings. The van der Waals surface area contributed by atoms with Crippen LogP contribution in [0.1, 0.15) is 26.2 Å². The number of aliphatic carboxylic acids is 2. The molecule has 1 heterocycles. The summed E-state index contributed by atoms with van der Waals surface area (Å²) >= 11 is 0. The molecule has 1 aromatic rings. The van der Waals surface area contributed by atoms with Crippen LogP contribution in [-0.4, -0.2) is 39.1 Å². The van der Waals surface area contributed by atoms with Gasteiger partial charge in [-0.15, -0.1) is 0 Å². The molecule has 1 unspecified atom stereocenters. The van der Waals surface area contributed by atoms with Crippen LogP contribution >= 0.6 is 0 Å². The number of carbonyl (C=O) groups excluding carboxylic acids is 2. The summed E-state index contributed by atoms with van der Waals surface area (Å²) in [5.74, 6) is -5.17. The number of carboxylic acids is 2. The zero-order valence-corrected chi connectivity index (χ0v) is 14.1. The summed E-state index contributed by atoms with van der Waals surface area (Å²) in [5, 5.41) is 25.2. The predicted molar refractivity (Wildman–Crippen MR) is 91.1 cm³/mol. The summed E-state index contributed by atoms with van der Waals surface area (Å²) < 4.78 is 0. The van der Waals surface area contributed by atoms with Crippen molar-refractivity contribution >= 4 is 29.4 Å². The van der Waals surface area contributed by atoms with E-state index in [2.05, 4.69) is 5.43 Å². The molecule has 0 saturated carbocycles. The van der Waals surface area contributed by atoms with Crippen molar-refractivity contribution in [1.29, 1.82) is 0 Å². The summed E-state index contributed by atoms with van der Waals surface area (Å²) in [7, 11) is 0. The van der Waals surface area contributed by atoms with E-state index in [0.29, 0.717) is 12.1 Å². The molecule has 9 heteroatoms. The molecule has 0 radical (unpaired) electrons. The zero-order valence-electron chi connectivity index (χ0n) is 14.1. The molecule has 4 N–H and O–H groups in total. The third-order valence-electron chi connectivity index (χ3n) is 3.40. The largest absolute Gasteiger partial charge is 0.502 e. The summed E-state index contributed by atoms with van der Waals surface area (Å²) in [6.07, 6.45) is 2.71. The minimum Gasteiger partial charge on any atom is -0.502 e. The van der Waals surface area contributed by atoms with Crippen molar-refractivity contribution in [2.45, 2.75) is 26.2 Å². The van der Waals surface area contributed by atoms with E-state index >= 15 is 0 Å². The van der Waals surface area contributed by atoms with Crippen LogP contribution in [0.15, 0.2) is 42.2 Å². The van der Waals surface area contributed by atoms with Gasteiger partial charge in [-0.2, -0.15) is 0 Å². The van der Waals surface area contributed by atoms with Crippen molar-refractivity contribution in [1.82, 2.24) is 5.43 Å². The van der Waals surface area contributed by atoms with Crippen LogP contribution in [0.4, 0.5) is 5.69 Å². The Bertz CT molecular complexity index is 700. The molecular formula is C17H20N2O7. The number of carboxylic acid groups (broad SMARTS) is 2. The van der Waals surface area contributed by atoms with E-state index in [0.717, 1.165) is 12.8 Å².